The van der Waals surface area contributed by atoms with Gasteiger partial charge in [0, 0.05) is 19.0 Å². The molecule has 1 aliphatic heterocycles. The van der Waals surface area contributed by atoms with Crippen molar-refractivity contribution in [3.8, 4) is 0 Å². The number of rotatable bonds is 2. The van der Waals surface area contributed by atoms with Crippen LogP contribution in [0.2, 0.25) is 0 Å². The van der Waals surface area contributed by atoms with Crippen molar-refractivity contribution in [3.63, 3.8) is 0 Å². The highest BCUT2D eigenvalue weighted by molar-refractivity contribution is 6.30. The van der Waals surface area contributed by atoms with Crippen LogP contribution in [0.15, 0.2) is 0 Å². The first kappa shape index (κ1) is 11.3. The highest BCUT2D eigenvalue weighted by Crippen LogP contribution is 2.17. The lowest BCUT2D eigenvalue weighted by Crippen LogP contribution is -2.44. The summed E-state index contributed by atoms with van der Waals surface area (Å²) >= 11 is 5.68. The summed E-state index contributed by atoms with van der Waals surface area (Å²) < 4.78 is 0. The molecule has 4 nitrogen and oxygen atoms in total. The number of primary amides is 1. The molecule has 1 fully saturated rings. The van der Waals surface area contributed by atoms with E-state index in [0.29, 0.717) is 25.9 Å². The Morgan fingerprint density at radius 3 is 2.29 bits per heavy atom. The highest BCUT2D eigenvalue weighted by atomic mass is 35.5. The van der Waals surface area contributed by atoms with Crippen molar-refractivity contribution in [2.24, 2.45) is 11.7 Å². The Morgan fingerprint density at radius 2 is 1.93 bits per heavy atom. The van der Waals surface area contributed by atoms with Crippen molar-refractivity contribution < 1.29 is 9.59 Å². The number of carbonyl (C=O) groups excluding carboxylic acids is 2. The van der Waals surface area contributed by atoms with Crippen LogP contribution in [0.1, 0.15) is 19.8 Å². The van der Waals surface area contributed by atoms with E-state index in [1.807, 2.05) is 0 Å². The Bertz CT molecular complexity index is 235. The largest absolute Gasteiger partial charge is 0.369 e. The first-order chi connectivity index (χ1) is 6.52. The van der Waals surface area contributed by atoms with Crippen LogP contribution in [0, 0.1) is 5.92 Å². The van der Waals surface area contributed by atoms with Gasteiger partial charge in [-0.1, -0.05) is 0 Å². The van der Waals surface area contributed by atoms with Crippen LogP contribution in [-0.2, 0) is 9.59 Å². The zero-order valence-electron chi connectivity index (χ0n) is 8.20. The first-order valence-electron chi connectivity index (χ1n) is 4.74. The molecule has 0 radical (unpaired) electrons. The van der Waals surface area contributed by atoms with Crippen LogP contribution in [0.25, 0.3) is 0 Å². The Morgan fingerprint density at radius 1 is 1.43 bits per heavy atom. The van der Waals surface area contributed by atoms with E-state index in [4.69, 9.17) is 17.3 Å². The molecule has 2 amide bonds. The molecule has 1 rings (SSSR count). The first-order valence-corrected chi connectivity index (χ1v) is 5.18. The monoisotopic (exact) mass is 218 g/mol. The normalized spacial score (nSPS) is 20.6. The molecule has 80 valence electrons. The quantitative estimate of drug-likeness (QED) is 0.680. The van der Waals surface area contributed by atoms with E-state index in [0.717, 1.165) is 0 Å². The van der Waals surface area contributed by atoms with Crippen LogP contribution < -0.4 is 5.73 Å². The number of amides is 2. The average molecular weight is 219 g/mol. The molecule has 0 saturated carbocycles. The molecule has 0 aromatic carbocycles. The molecular weight excluding hydrogens is 204 g/mol. The van der Waals surface area contributed by atoms with Crippen LogP contribution in [0.3, 0.4) is 0 Å². The fraction of sp³-hybridized carbons (Fsp3) is 0.778. The second kappa shape index (κ2) is 4.64. The molecule has 0 spiro atoms. The Kier molecular flexibility index (Phi) is 3.75. The van der Waals surface area contributed by atoms with Gasteiger partial charge in [-0.3, -0.25) is 9.59 Å². The summed E-state index contributed by atoms with van der Waals surface area (Å²) in [6.45, 7) is 2.83. The molecule has 0 unspecified atom stereocenters. The van der Waals surface area contributed by atoms with Gasteiger partial charge >= 0.3 is 0 Å². The van der Waals surface area contributed by atoms with Crippen molar-refractivity contribution in [1.29, 1.82) is 0 Å². The maximum atomic E-state index is 11.5. The number of alkyl halides is 1. The number of hydrogen-bond donors (Lipinski definition) is 1. The summed E-state index contributed by atoms with van der Waals surface area (Å²) in [5.74, 6) is -0.407. The molecule has 0 aliphatic carbocycles. The van der Waals surface area contributed by atoms with Gasteiger partial charge < -0.3 is 10.6 Å². The predicted octanol–water partition coefficient (Wildman–Crippen LogP) is 0.338. The second-order valence-electron chi connectivity index (χ2n) is 3.62. The molecule has 0 bridgehead atoms. The summed E-state index contributed by atoms with van der Waals surface area (Å²) in [5, 5.41) is -0.486. The molecule has 2 N–H and O–H groups in total. The lowest BCUT2D eigenvalue weighted by molar-refractivity contribution is -0.134. The summed E-state index contributed by atoms with van der Waals surface area (Å²) in [6.07, 6.45) is 1.31. The molecule has 1 atom stereocenters. The molecular formula is C9H15ClN2O2. The van der Waals surface area contributed by atoms with E-state index < -0.39 is 5.38 Å². The molecule has 0 aromatic rings. The third-order valence-electron chi connectivity index (χ3n) is 2.55. The smallest absolute Gasteiger partial charge is 0.240 e. The van der Waals surface area contributed by atoms with Gasteiger partial charge in [0.15, 0.2) is 0 Å². The third-order valence-corrected chi connectivity index (χ3v) is 2.74. The van der Waals surface area contributed by atoms with Gasteiger partial charge in [-0.2, -0.15) is 0 Å². The maximum absolute atomic E-state index is 11.5. The maximum Gasteiger partial charge on any atom is 0.240 e. The van der Waals surface area contributed by atoms with Gasteiger partial charge in [0.2, 0.25) is 11.8 Å². The van der Waals surface area contributed by atoms with E-state index in [1.54, 1.807) is 11.8 Å². The SMILES string of the molecule is C[C@@H](Cl)C(=O)N1CCC(C(N)=O)CC1. The summed E-state index contributed by atoms with van der Waals surface area (Å²) in [5.41, 5.74) is 5.18. The van der Waals surface area contributed by atoms with Crippen molar-refractivity contribution >= 4 is 23.4 Å². The number of hydrogen-bond acceptors (Lipinski definition) is 2. The number of nitrogens with two attached hydrogens (primary N) is 1. The van der Waals surface area contributed by atoms with E-state index in [1.165, 1.54) is 0 Å². The lowest BCUT2D eigenvalue weighted by atomic mass is 9.96. The summed E-state index contributed by atoms with van der Waals surface area (Å²) in [6, 6.07) is 0. The van der Waals surface area contributed by atoms with Gasteiger partial charge in [0.05, 0.1) is 0 Å². The van der Waals surface area contributed by atoms with Crippen molar-refractivity contribution in [3.05, 3.63) is 0 Å². The van der Waals surface area contributed by atoms with Crippen molar-refractivity contribution in [1.82, 2.24) is 4.90 Å². The van der Waals surface area contributed by atoms with Crippen LogP contribution in [-0.4, -0.2) is 35.2 Å². The third kappa shape index (κ3) is 2.61. The Labute approximate surface area is 88.4 Å². The highest BCUT2D eigenvalue weighted by Gasteiger charge is 2.27. The van der Waals surface area contributed by atoms with Gasteiger partial charge in [-0.05, 0) is 19.8 Å². The van der Waals surface area contributed by atoms with Crippen LogP contribution in [0.4, 0.5) is 0 Å². The predicted molar refractivity (Wildman–Crippen MR) is 53.8 cm³/mol. The van der Waals surface area contributed by atoms with Gasteiger partial charge in [-0.25, -0.2) is 0 Å². The molecule has 1 aliphatic rings. The topological polar surface area (TPSA) is 63.4 Å². The minimum Gasteiger partial charge on any atom is -0.369 e. The van der Waals surface area contributed by atoms with Gasteiger partial charge in [-0.15, -0.1) is 11.6 Å². The molecule has 1 saturated heterocycles. The van der Waals surface area contributed by atoms with Crippen LogP contribution in [0.5, 0.6) is 0 Å². The van der Waals surface area contributed by atoms with E-state index in [2.05, 4.69) is 0 Å². The fourth-order valence-corrected chi connectivity index (χ4v) is 1.77. The number of halogens is 1. The number of nitrogens with zero attached hydrogens (tertiary/aromatic N) is 1. The van der Waals surface area contributed by atoms with Crippen LogP contribution >= 0.6 is 11.6 Å². The molecule has 5 heteroatoms. The minimum absolute atomic E-state index is 0.0606. The number of piperidine rings is 1. The Balaban J connectivity index is 2.43. The van der Waals surface area contributed by atoms with Gasteiger partial charge in [0.25, 0.3) is 0 Å². The summed E-state index contributed by atoms with van der Waals surface area (Å²) in [7, 11) is 0. The average Bonchev–Trinajstić information content (AvgIpc) is 2.16. The molecule has 1 heterocycles. The Hall–Kier alpha value is -0.770. The minimum atomic E-state index is -0.486. The fourth-order valence-electron chi connectivity index (χ4n) is 1.64. The second-order valence-corrected chi connectivity index (χ2v) is 4.27. The van der Waals surface area contributed by atoms with E-state index >= 15 is 0 Å². The molecule has 14 heavy (non-hydrogen) atoms. The number of carbonyl (C=O) groups is 2. The van der Waals surface area contributed by atoms with E-state index in [-0.39, 0.29) is 17.7 Å². The van der Waals surface area contributed by atoms with Crippen molar-refractivity contribution in [2.75, 3.05) is 13.1 Å². The zero-order valence-corrected chi connectivity index (χ0v) is 8.96. The van der Waals surface area contributed by atoms with Gasteiger partial charge in [0.1, 0.15) is 5.38 Å². The lowest BCUT2D eigenvalue weighted by Gasteiger charge is -2.31. The number of likely N-dealkylation sites (tertiary alicyclic amines) is 1. The summed E-state index contributed by atoms with van der Waals surface area (Å²) in [4.78, 5) is 24.0. The standard InChI is InChI=1S/C9H15ClN2O2/c1-6(10)9(14)12-4-2-7(3-5-12)8(11)13/h6-7H,2-5H2,1H3,(H2,11,13)/t6-/m1/s1. The van der Waals surface area contributed by atoms with E-state index in [9.17, 15) is 9.59 Å². The van der Waals surface area contributed by atoms with Crippen molar-refractivity contribution in [2.45, 2.75) is 25.1 Å². The molecule has 0 aromatic heterocycles. The zero-order chi connectivity index (χ0) is 10.7.